The number of carbonyl (C=O) groups excluding carboxylic acids is 2. The van der Waals surface area contributed by atoms with Gasteiger partial charge < -0.3 is 14.4 Å². The Bertz CT molecular complexity index is 703. The number of rotatable bonds is 4. The van der Waals surface area contributed by atoms with Gasteiger partial charge in [0, 0.05) is 7.05 Å². The Labute approximate surface area is 137 Å². The first-order chi connectivity index (χ1) is 10.8. The number of ether oxygens (including phenoxy) is 1. The second-order valence-electron chi connectivity index (χ2n) is 6.68. The summed E-state index contributed by atoms with van der Waals surface area (Å²) in [7, 11) is 1.59. The molecule has 1 atom stereocenters. The third-order valence-corrected chi connectivity index (χ3v) is 3.59. The summed E-state index contributed by atoms with van der Waals surface area (Å²) in [4.78, 5) is 24.9. The van der Waals surface area contributed by atoms with Crippen LogP contribution in [-0.4, -0.2) is 36.0 Å². The van der Waals surface area contributed by atoms with Gasteiger partial charge in [-0.3, -0.25) is 0 Å². The zero-order valence-corrected chi connectivity index (χ0v) is 14.1. The third kappa shape index (κ3) is 4.55. The summed E-state index contributed by atoms with van der Waals surface area (Å²) in [6, 6.07) is 13.6. The molecule has 0 aliphatic rings. The van der Waals surface area contributed by atoms with Crippen LogP contribution in [0.15, 0.2) is 42.5 Å². The van der Waals surface area contributed by atoms with E-state index >= 15 is 0 Å². The first-order valence-corrected chi connectivity index (χ1v) is 7.69. The van der Waals surface area contributed by atoms with Crippen molar-refractivity contribution in [2.75, 3.05) is 7.05 Å². The molecule has 2 aromatic rings. The number of amides is 1. The molecule has 0 aliphatic heterocycles. The molecule has 0 aromatic heterocycles. The molecular weight excluding hydrogens is 290 g/mol. The monoisotopic (exact) mass is 313 g/mol. The molecular formula is C19H23NO3. The number of hydrogen-bond acceptors (Lipinski definition) is 3. The van der Waals surface area contributed by atoms with E-state index in [-0.39, 0.29) is 0 Å². The Morgan fingerprint density at radius 2 is 1.83 bits per heavy atom. The number of fused-ring (bicyclic) bond motifs is 1. The van der Waals surface area contributed by atoms with Crippen molar-refractivity contribution in [3.63, 3.8) is 0 Å². The lowest BCUT2D eigenvalue weighted by Gasteiger charge is -2.28. The van der Waals surface area contributed by atoms with Crippen LogP contribution in [-0.2, 0) is 16.0 Å². The summed E-state index contributed by atoms with van der Waals surface area (Å²) >= 11 is 0. The number of carbonyl (C=O) groups is 2. The van der Waals surface area contributed by atoms with Crippen molar-refractivity contribution < 1.29 is 14.3 Å². The minimum absolute atomic E-state index is 0.462. The molecule has 0 saturated heterocycles. The topological polar surface area (TPSA) is 46.6 Å². The molecule has 23 heavy (non-hydrogen) atoms. The number of likely N-dealkylation sites (N-methyl/N-ethyl adjacent to an activating group) is 1. The van der Waals surface area contributed by atoms with Crippen molar-refractivity contribution in [3.8, 4) is 0 Å². The second kappa shape index (κ2) is 6.82. The summed E-state index contributed by atoms with van der Waals surface area (Å²) in [5.41, 5.74) is 0.429. The van der Waals surface area contributed by atoms with Gasteiger partial charge in [0.1, 0.15) is 11.9 Å². The fraction of sp³-hybridized carbons (Fsp3) is 0.368. The summed E-state index contributed by atoms with van der Waals surface area (Å²) in [6.07, 6.45) is 0.763. The molecule has 122 valence electrons. The molecule has 1 amide bonds. The summed E-state index contributed by atoms with van der Waals surface area (Å²) in [6.45, 7) is 5.41. The van der Waals surface area contributed by atoms with Crippen molar-refractivity contribution in [1.82, 2.24) is 4.90 Å². The Kier molecular flexibility index (Phi) is 5.04. The highest BCUT2D eigenvalue weighted by atomic mass is 16.6. The second-order valence-corrected chi connectivity index (χ2v) is 6.68. The van der Waals surface area contributed by atoms with Crippen LogP contribution in [0, 0.1) is 0 Å². The number of benzene rings is 2. The lowest BCUT2D eigenvalue weighted by molar-refractivity contribution is -0.112. The van der Waals surface area contributed by atoms with Crippen LogP contribution < -0.4 is 0 Å². The van der Waals surface area contributed by atoms with E-state index in [9.17, 15) is 9.59 Å². The first kappa shape index (κ1) is 17.0. The molecule has 0 unspecified atom stereocenters. The lowest BCUT2D eigenvalue weighted by atomic mass is 10.0. The summed E-state index contributed by atoms with van der Waals surface area (Å²) < 4.78 is 5.32. The van der Waals surface area contributed by atoms with Crippen molar-refractivity contribution in [3.05, 3.63) is 48.0 Å². The number of aldehydes is 1. The van der Waals surface area contributed by atoms with Gasteiger partial charge in [-0.25, -0.2) is 4.79 Å². The number of hydrogen-bond donors (Lipinski definition) is 0. The molecule has 0 aliphatic carbocycles. The molecule has 0 spiro atoms. The molecule has 0 N–H and O–H groups in total. The quantitative estimate of drug-likeness (QED) is 0.806. The Morgan fingerprint density at radius 1 is 1.17 bits per heavy atom. The zero-order chi connectivity index (χ0) is 17.0. The Balaban J connectivity index is 2.14. The fourth-order valence-electron chi connectivity index (χ4n) is 2.35. The maximum atomic E-state index is 12.1. The molecule has 0 radical (unpaired) electrons. The maximum Gasteiger partial charge on any atom is 0.410 e. The maximum absolute atomic E-state index is 12.1. The molecule has 0 heterocycles. The predicted molar refractivity (Wildman–Crippen MR) is 91.5 cm³/mol. The third-order valence-electron chi connectivity index (χ3n) is 3.59. The van der Waals surface area contributed by atoms with E-state index in [4.69, 9.17) is 4.74 Å². The lowest BCUT2D eigenvalue weighted by Crippen LogP contribution is -2.42. The van der Waals surface area contributed by atoms with Crippen molar-refractivity contribution in [1.29, 1.82) is 0 Å². The SMILES string of the molecule is CN(C(=O)OC(C)(C)C)[C@@H](C=O)Cc1ccc2ccccc2c1. The van der Waals surface area contributed by atoms with Crippen molar-refractivity contribution >= 4 is 23.2 Å². The molecule has 4 heteroatoms. The summed E-state index contributed by atoms with van der Waals surface area (Å²) in [5, 5.41) is 2.27. The van der Waals surface area contributed by atoms with Crippen molar-refractivity contribution in [2.24, 2.45) is 0 Å². The smallest absolute Gasteiger partial charge is 0.410 e. The highest BCUT2D eigenvalue weighted by Gasteiger charge is 2.25. The fourth-order valence-corrected chi connectivity index (χ4v) is 2.35. The van der Waals surface area contributed by atoms with Crippen LogP contribution in [0.25, 0.3) is 10.8 Å². The molecule has 2 aromatic carbocycles. The molecule has 0 fully saturated rings. The van der Waals surface area contributed by atoms with E-state index in [2.05, 4.69) is 6.07 Å². The van der Waals surface area contributed by atoms with Gasteiger partial charge in [0.05, 0.1) is 6.04 Å². The minimum Gasteiger partial charge on any atom is -0.444 e. The van der Waals surface area contributed by atoms with Crippen LogP contribution in [0.1, 0.15) is 26.3 Å². The zero-order valence-electron chi connectivity index (χ0n) is 14.1. The van der Waals surface area contributed by atoms with Crippen LogP contribution in [0.4, 0.5) is 4.79 Å². The van der Waals surface area contributed by atoms with Crippen LogP contribution in [0.2, 0.25) is 0 Å². The van der Waals surface area contributed by atoms with E-state index in [1.165, 1.54) is 4.90 Å². The van der Waals surface area contributed by atoms with E-state index < -0.39 is 17.7 Å². The minimum atomic E-state index is -0.582. The van der Waals surface area contributed by atoms with Crippen molar-refractivity contribution in [2.45, 2.75) is 38.8 Å². The van der Waals surface area contributed by atoms with Gasteiger partial charge in [-0.1, -0.05) is 42.5 Å². The molecule has 0 bridgehead atoms. The Morgan fingerprint density at radius 3 is 2.43 bits per heavy atom. The average Bonchev–Trinajstić information content (AvgIpc) is 2.50. The standard InChI is InChI=1S/C19H23NO3/c1-19(2,3)23-18(22)20(4)17(13-21)12-14-9-10-15-7-5-6-8-16(15)11-14/h5-11,13,17H,12H2,1-4H3/t17-/m1/s1. The van der Waals surface area contributed by atoms with E-state index in [1.54, 1.807) is 27.8 Å². The van der Waals surface area contributed by atoms with Gasteiger partial charge in [0.15, 0.2) is 0 Å². The van der Waals surface area contributed by atoms with Gasteiger partial charge in [0.25, 0.3) is 0 Å². The van der Waals surface area contributed by atoms with Gasteiger partial charge in [-0.15, -0.1) is 0 Å². The van der Waals surface area contributed by atoms with Gasteiger partial charge in [-0.2, -0.15) is 0 Å². The van der Waals surface area contributed by atoms with Crippen LogP contribution >= 0.6 is 0 Å². The largest absolute Gasteiger partial charge is 0.444 e. The molecule has 4 nitrogen and oxygen atoms in total. The van der Waals surface area contributed by atoms with E-state index in [0.717, 1.165) is 22.6 Å². The first-order valence-electron chi connectivity index (χ1n) is 7.69. The number of nitrogens with zero attached hydrogens (tertiary/aromatic N) is 1. The van der Waals surface area contributed by atoms with Gasteiger partial charge in [-0.05, 0) is 43.5 Å². The average molecular weight is 313 g/mol. The van der Waals surface area contributed by atoms with Gasteiger partial charge in [0.2, 0.25) is 0 Å². The normalized spacial score (nSPS) is 12.7. The van der Waals surface area contributed by atoms with Crippen LogP contribution in [0.5, 0.6) is 0 Å². The van der Waals surface area contributed by atoms with E-state index in [1.807, 2.05) is 36.4 Å². The molecule has 2 rings (SSSR count). The highest BCUT2D eigenvalue weighted by molar-refractivity contribution is 5.83. The molecule has 0 saturated carbocycles. The predicted octanol–water partition coefficient (Wildman–Crippen LogP) is 3.82. The van der Waals surface area contributed by atoms with Gasteiger partial charge >= 0.3 is 6.09 Å². The Hall–Kier alpha value is -2.36. The van der Waals surface area contributed by atoms with E-state index in [0.29, 0.717) is 6.42 Å². The summed E-state index contributed by atoms with van der Waals surface area (Å²) in [5.74, 6) is 0. The highest BCUT2D eigenvalue weighted by Crippen LogP contribution is 2.18. The van der Waals surface area contributed by atoms with Crippen LogP contribution in [0.3, 0.4) is 0 Å².